The van der Waals surface area contributed by atoms with Crippen LogP contribution in [-0.2, 0) is 6.54 Å². The summed E-state index contributed by atoms with van der Waals surface area (Å²) in [6.07, 6.45) is 5.74. The van der Waals surface area contributed by atoms with Gasteiger partial charge in [0.05, 0.1) is 6.54 Å². The molecule has 1 amide bonds. The molecule has 0 spiro atoms. The van der Waals surface area contributed by atoms with Crippen molar-refractivity contribution < 1.29 is 4.79 Å². The number of carbonyl (C=O) groups excluding carboxylic acids is 1. The van der Waals surface area contributed by atoms with E-state index in [0.29, 0.717) is 12.1 Å². The van der Waals surface area contributed by atoms with E-state index in [2.05, 4.69) is 12.0 Å². The molecule has 0 atom stereocenters. The lowest BCUT2D eigenvalue weighted by molar-refractivity contribution is 0.0986. The highest BCUT2D eigenvalue weighted by Gasteiger charge is 2.17. The van der Waals surface area contributed by atoms with Crippen LogP contribution in [0.4, 0.5) is 5.69 Å². The van der Waals surface area contributed by atoms with Gasteiger partial charge in [-0.25, -0.2) is 0 Å². The van der Waals surface area contributed by atoms with Crippen molar-refractivity contribution in [1.82, 2.24) is 9.78 Å². The molecule has 1 heterocycles. The molecule has 0 aliphatic heterocycles. The van der Waals surface area contributed by atoms with Crippen molar-refractivity contribution in [2.45, 2.75) is 26.3 Å². The van der Waals surface area contributed by atoms with Crippen molar-refractivity contribution in [1.29, 1.82) is 0 Å². The molecule has 4 heteroatoms. The van der Waals surface area contributed by atoms with Gasteiger partial charge in [-0.15, -0.1) is 0 Å². The van der Waals surface area contributed by atoms with Crippen LogP contribution < -0.4 is 4.90 Å². The second-order valence-electron chi connectivity index (χ2n) is 6.05. The van der Waals surface area contributed by atoms with E-state index in [4.69, 9.17) is 0 Å². The Kier molecular flexibility index (Phi) is 5.62. The van der Waals surface area contributed by atoms with Crippen molar-refractivity contribution in [2.75, 3.05) is 11.4 Å². The maximum absolute atomic E-state index is 13.0. The summed E-state index contributed by atoms with van der Waals surface area (Å²) in [4.78, 5) is 14.9. The standard InChI is InChI=1S/C21H23N3O/c1-2-3-16-24(20-8-5-4-6-9-20)21(25)19-12-10-18(11-13-19)17-23-15-7-14-22-23/h4-15H,2-3,16-17H2,1H3. The van der Waals surface area contributed by atoms with E-state index < -0.39 is 0 Å². The Labute approximate surface area is 148 Å². The predicted molar refractivity (Wildman–Crippen MR) is 101 cm³/mol. The monoisotopic (exact) mass is 333 g/mol. The number of aromatic nitrogens is 2. The summed E-state index contributed by atoms with van der Waals surface area (Å²) in [5, 5.41) is 4.21. The van der Waals surface area contributed by atoms with Crippen LogP contribution in [0.2, 0.25) is 0 Å². The first-order valence-electron chi connectivity index (χ1n) is 8.71. The summed E-state index contributed by atoms with van der Waals surface area (Å²) in [6.45, 7) is 3.58. The first-order valence-corrected chi connectivity index (χ1v) is 8.71. The smallest absolute Gasteiger partial charge is 0.258 e. The molecule has 25 heavy (non-hydrogen) atoms. The fourth-order valence-corrected chi connectivity index (χ4v) is 2.76. The van der Waals surface area contributed by atoms with Gasteiger partial charge in [0.1, 0.15) is 0 Å². The number of nitrogens with zero attached hydrogens (tertiary/aromatic N) is 3. The molecule has 0 unspecified atom stereocenters. The van der Waals surface area contributed by atoms with Crippen LogP contribution in [0.3, 0.4) is 0 Å². The number of unbranched alkanes of at least 4 members (excludes halogenated alkanes) is 1. The van der Waals surface area contributed by atoms with Gasteiger partial charge in [0.2, 0.25) is 0 Å². The highest BCUT2D eigenvalue weighted by Crippen LogP contribution is 2.18. The van der Waals surface area contributed by atoms with Crippen LogP contribution in [0.1, 0.15) is 35.7 Å². The highest BCUT2D eigenvalue weighted by molar-refractivity contribution is 6.06. The first kappa shape index (κ1) is 17.0. The molecule has 4 nitrogen and oxygen atoms in total. The number of para-hydroxylation sites is 1. The molecule has 0 saturated carbocycles. The molecule has 0 N–H and O–H groups in total. The Morgan fingerprint density at radius 1 is 1.04 bits per heavy atom. The van der Waals surface area contributed by atoms with Gasteiger partial charge < -0.3 is 4.90 Å². The Bertz CT molecular complexity index is 780. The largest absolute Gasteiger partial charge is 0.308 e. The van der Waals surface area contributed by atoms with Gasteiger partial charge in [-0.2, -0.15) is 5.10 Å². The molecule has 3 aromatic rings. The van der Waals surface area contributed by atoms with Gasteiger partial charge in [0.25, 0.3) is 5.91 Å². The zero-order chi connectivity index (χ0) is 17.5. The maximum atomic E-state index is 13.0. The van der Waals surface area contributed by atoms with Crippen molar-refractivity contribution >= 4 is 11.6 Å². The van der Waals surface area contributed by atoms with Gasteiger partial charge in [-0.1, -0.05) is 43.7 Å². The van der Waals surface area contributed by atoms with Gasteiger partial charge in [-0.3, -0.25) is 9.48 Å². The third kappa shape index (κ3) is 4.35. The predicted octanol–water partition coefficient (Wildman–Crippen LogP) is 4.38. The summed E-state index contributed by atoms with van der Waals surface area (Å²) >= 11 is 0. The molecule has 128 valence electrons. The van der Waals surface area contributed by atoms with E-state index in [1.165, 1.54) is 0 Å². The fourth-order valence-electron chi connectivity index (χ4n) is 2.76. The van der Waals surface area contributed by atoms with Gasteiger partial charge in [0, 0.05) is 30.2 Å². The molecular weight excluding hydrogens is 310 g/mol. The third-order valence-electron chi connectivity index (χ3n) is 4.15. The summed E-state index contributed by atoms with van der Waals surface area (Å²) in [6, 6.07) is 19.6. The van der Waals surface area contributed by atoms with Crippen LogP contribution in [0.25, 0.3) is 0 Å². The van der Waals surface area contributed by atoms with E-state index in [0.717, 1.165) is 30.6 Å². The van der Waals surface area contributed by atoms with Gasteiger partial charge >= 0.3 is 0 Å². The van der Waals surface area contributed by atoms with Crippen LogP contribution >= 0.6 is 0 Å². The molecule has 0 aliphatic rings. The van der Waals surface area contributed by atoms with E-state index in [1.54, 1.807) is 6.20 Å². The minimum Gasteiger partial charge on any atom is -0.308 e. The average Bonchev–Trinajstić information content (AvgIpc) is 3.16. The fraction of sp³-hybridized carbons (Fsp3) is 0.238. The number of carbonyl (C=O) groups is 1. The number of amides is 1. The minimum absolute atomic E-state index is 0.0466. The van der Waals surface area contributed by atoms with Crippen molar-refractivity contribution in [3.63, 3.8) is 0 Å². The molecule has 0 fully saturated rings. The Hall–Kier alpha value is -2.88. The number of rotatable bonds is 7. The van der Waals surface area contributed by atoms with Crippen molar-refractivity contribution in [2.24, 2.45) is 0 Å². The van der Waals surface area contributed by atoms with Gasteiger partial charge in [0.15, 0.2) is 0 Å². The number of hydrogen-bond donors (Lipinski definition) is 0. The lowest BCUT2D eigenvalue weighted by atomic mass is 10.1. The zero-order valence-corrected chi connectivity index (χ0v) is 14.5. The molecule has 0 bridgehead atoms. The van der Waals surface area contributed by atoms with E-state index in [9.17, 15) is 4.79 Å². The Morgan fingerprint density at radius 3 is 2.44 bits per heavy atom. The SMILES string of the molecule is CCCCN(C(=O)c1ccc(Cn2cccn2)cc1)c1ccccc1. The van der Waals surface area contributed by atoms with E-state index in [-0.39, 0.29) is 5.91 Å². The maximum Gasteiger partial charge on any atom is 0.258 e. The normalized spacial score (nSPS) is 10.6. The number of anilines is 1. The molecule has 0 radical (unpaired) electrons. The average molecular weight is 333 g/mol. The van der Waals surface area contributed by atoms with E-state index in [1.807, 2.05) is 76.4 Å². The summed E-state index contributed by atoms with van der Waals surface area (Å²) < 4.78 is 1.87. The van der Waals surface area contributed by atoms with Crippen molar-refractivity contribution in [3.05, 3.63) is 84.2 Å². The first-order chi connectivity index (χ1) is 12.3. The molecule has 0 aliphatic carbocycles. The van der Waals surface area contributed by atoms with E-state index >= 15 is 0 Å². The third-order valence-corrected chi connectivity index (χ3v) is 4.15. The number of benzene rings is 2. The quantitative estimate of drug-likeness (QED) is 0.643. The molecule has 3 rings (SSSR count). The lowest BCUT2D eigenvalue weighted by Crippen LogP contribution is -2.31. The van der Waals surface area contributed by atoms with Crippen LogP contribution in [0, 0.1) is 0 Å². The van der Waals surface area contributed by atoms with Crippen LogP contribution in [0.5, 0.6) is 0 Å². The summed E-state index contributed by atoms with van der Waals surface area (Å²) in [7, 11) is 0. The Morgan fingerprint density at radius 2 is 1.80 bits per heavy atom. The second-order valence-corrected chi connectivity index (χ2v) is 6.05. The molecule has 2 aromatic carbocycles. The minimum atomic E-state index is 0.0466. The highest BCUT2D eigenvalue weighted by atomic mass is 16.2. The zero-order valence-electron chi connectivity index (χ0n) is 14.5. The second kappa shape index (κ2) is 8.29. The number of hydrogen-bond acceptors (Lipinski definition) is 2. The van der Waals surface area contributed by atoms with Gasteiger partial charge in [-0.05, 0) is 42.3 Å². The summed E-state index contributed by atoms with van der Waals surface area (Å²) in [5.74, 6) is 0.0466. The Balaban J connectivity index is 1.77. The molecule has 1 aromatic heterocycles. The van der Waals surface area contributed by atoms with Crippen molar-refractivity contribution in [3.8, 4) is 0 Å². The lowest BCUT2D eigenvalue weighted by Gasteiger charge is -2.23. The summed E-state index contributed by atoms with van der Waals surface area (Å²) in [5.41, 5.74) is 2.78. The molecular formula is C21H23N3O. The van der Waals surface area contributed by atoms with Crippen LogP contribution in [-0.4, -0.2) is 22.2 Å². The molecule has 0 saturated heterocycles. The van der Waals surface area contributed by atoms with Crippen LogP contribution in [0.15, 0.2) is 73.1 Å². The topological polar surface area (TPSA) is 38.1 Å².